The molecule has 10 heteroatoms. The molecule has 4 atom stereocenters. The molecule has 1 aliphatic carbocycles. The van der Waals surface area contributed by atoms with Crippen LogP contribution in [0.1, 0.15) is 58.1 Å². The maximum absolute atomic E-state index is 14.9. The van der Waals surface area contributed by atoms with E-state index in [1.54, 1.807) is 18.3 Å². The van der Waals surface area contributed by atoms with Gasteiger partial charge in [0.15, 0.2) is 11.6 Å². The number of carbonyl (C=O) groups is 1. The molecule has 1 unspecified atom stereocenters. The van der Waals surface area contributed by atoms with Crippen LogP contribution in [0.3, 0.4) is 0 Å². The lowest BCUT2D eigenvalue weighted by Crippen LogP contribution is -2.37. The molecule has 2 aliphatic rings. The fourth-order valence-corrected chi connectivity index (χ4v) is 3.71. The zero-order valence-electron chi connectivity index (χ0n) is 18.0. The summed E-state index contributed by atoms with van der Waals surface area (Å²) in [5, 5.41) is 12.2. The quantitative estimate of drug-likeness (QED) is 0.558. The third-order valence-corrected chi connectivity index (χ3v) is 5.22. The molecule has 2 aromatic heterocycles. The third-order valence-electron chi connectivity index (χ3n) is 5.22. The first-order valence-corrected chi connectivity index (χ1v) is 10.7. The van der Waals surface area contributed by atoms with Crippen LogP contribution in [0, 0.1) is 5.82 Å². The van der Waals surface area contributed by atoms with Gasteiger partial charge in [0.25, 0.3) is 0 Å². The van der Waals surface area contributed by atoms with Crippen LogP contribution in [0.2, 0.25) is 0 Å². The normalized spacial score (nSPS) is 26.0. The van der Waals surface area contributed by atoms with Crippen molar-refractivity contribution in [3.63, 3.8) is 0 Å². The zero-order valence-corrected chi connectivity index (χ0v) is 18.0. The molecule has 0 spiro atoms. The summed E-state index contributed by atoms with van der Waals surface area (Å²) in [6.07, 6.45) is 0.183. The monoisotopic (exact) mass is 437 g/mol. The summed E-state index contributed by atoms with van der Waals surface area (Å²) in [6, 6.07) is 3.17. The highest BCUT2D eigenvalue weighted by atomic mass is 19.1. The Morgan fingerprint density at radius 2 is 2.06 bits per heavy atom. The second kappa shape index (κ2) is 10.4. The topological polar surface area (TPSA) is 101 Å². The minimum absolute atomic E-state index is 0.00427. The Labute approximate surface area is 180 Å². The molecule has 3 heterocycles. The number of alkyl halides is 1. The van der Waals surface area contributed by atoms with Gasteiger partial charge in [0.1, 0.15) is 12.3 Å². The number of nitrogens with zero attached hydrogens (tertiary/aromatic N) is 2. The van der Waals surface area contributed by atoms with Crippen LogP contribution in [0.5, 0.6) is 5.88 Å². The number of alkyl carbamates (subject to hydrolysis) is 1. The Hall–Kier alpha value is -2.91. The highest BCUT2D eigenvalue weighted by molar-refractivity contribution is 5.67. The summed E-state index contributed by atoms with van der Waals surface area (Å²) in [5.41, 5.74) is 0.770. The number of aromatic amines is 1. The van der Waals surface area contributed by atoms with E-state index < -0.39 is 30.1 Å². The molecule has 1 saturated carbocycles. The number of nitrogens with one attached hydrogen (secondary N) is 3. The Morgan fingerprint density at radius 1 is 1.26 bits per heavy atom. The Kier molecular flexibility index (Phi) is 7.64. The van der Waals surface area contributed by atoms with Crippen molar-refractivity contribution in [2.45, 2.75) is 70.7 Å². The number of hydrogen-bond donors (Lipinski definition) is 3. The number of halogens is 2. The Morgan fingerprint density at radius 3 is 2.87 bits per heavy atom. The van der Waals surface area contributed by atoms with Crippen molar-refractivity contribution in [3.8, 4) is 5.88 Å². The smallest absolute Gasteiger partial charge is 0.407 e. The summed E-state index contributed by atoms with van der Waals surface area (Å²) in [4.78, 5) is 16.2. The Bertz CT molecular complexity index is 878. The van der Waals surface area contributed by atoms with Gasteiger partial charge in [-0.3, -0.25) is 5.10 Å². The number of ether oxygens (including phenoxy) is 2. The summed E-state index contributed by atoms with van der Waals surface area (Å²) >= 11 is 0. The van der Waals surface area contributed by atoms with Crippen LogP contribution in [0.25, 0.3) is 0 Å². The lowest BCUT2D eigenvalue weighted by Gasteiger charge is -2.18. The number of hydrogen-bond acceptors (Lipinski definition) is 6. The first kappa shape index (κ1) is 22.8. The lowest BCUT2D eigenvalue weighted by molar-refractivity contribution is 0.0586. The molecule has 3 N–H and O–H groups in total. The number of amides is 1. The molecule has 1 aliphatic heterocycles. The summed E-state index contributed by atoms with van der Waals surface area (Å²) < 4.78 is 40.2. The maximum atomic E-state index is 14.9. The van der Waals surface area contributed by atoms with Gasteiger partial charge in [-0.15, -0.1) is 0 Å². The number of anilines is 2. The van der Waals surface area contributed by atoms with E-state index in [9.17, 15) is 13.6 Å². The van der Waals surface area contributed by atoms with Crippen LogP contribution in [-0.2, 0) is 4.74 Å². The number of pyridine rings is 1. The molecule has 1 fully saturated rings. The van der Waals surface area contributed by atoms with Crippen molar-refractivity contribution in [3.05, 3.63) is 29.8 Å². The van der Waals surface area contributed by atoms with Crippen molar-refractivity contribution < 1.29 is 23.0 Å². The third kappa shape index (κ3) is 5.62. The van der Waals surface area contributed by atoms with Gasteiger partial charge in [-0.2, -0.15) is 5.10 Å². The maximum Gasteiger partial charge on any atom is 0.407 e. The van der Waals surface area contributed by atoms with E-state index in [0.717, 1.165) is 0 Å². The standard InChI is InChI=1S/C19H23F2N5O3.C2H6/c1-10-3-2-6-28-15-9-12(4-5-22-15)24-18-16(21)17(25-26-18)11-7-13(20)14(8-11)29-19(27)23-10;1-2/h4-5,9-11,13-14H,2-3,6-8H2,1H3,(H,23,27)(H2,24,25,26);1-2H3/t10?,11-,13+,14-;/m0./s1. The first-order valence-electron chi connectivity index (χ1n) is 10.7. The molecule has 31 heavy (non-hydrogen) atoms. The van der Waals surface area contributed by atoms with Crippen molar-refractivity contribution in [2.24, 2.45) is 0 Å². The second-order valence-corrected chi connectivity index (χ2v) is 7.47. The number of fused-ring (bicyclic) bond motifs is 7. The fraction of sp³-hybridized carbons (Fsp3) is 0.571. The van der Waals surface area contributed by atoms with Gasteiger partial charge < -0.3 is 20.1 Å². The molecule has 4 rings (SSSR count). The average Bonchev–Trinajstić information content (AvgIpc) is 3.29. The number of H-pyrrole nitrogens is 1. The van der Waals surface area contributed by atoms with Crippen LogP contribution in [0.15, 0.2) is 18.3 Å². The van der Waals surface area contributed by atoms with Gasteiger partial charge in [-0.25, -0.2) is 18.6 Å². The van der Waals surface area contributed by atoms with Gasteiger partial charge in [-0.1, -0.05) is 13.8 Å². The summed E-state index contributed by atoms with van der Waals surface area (Å²) in [5.74, 6) is -0.643. The van der Waals surface area contributed by atoms with E-state index in [0.29, 0.717) is 31.0 Å². The lowest BCUT2D eigenvalue weighted by atomic mass is 10.0. The molecule has 170 valence electrons. The van der Waals surface area contributed by atoms with E-state index in [1.165, 1.54) is 0 Å². The minimum Gasteiger partial charge on any atom is -0.478 e. The predicted molar refractivity (Wildman–Crippen MR) is 112 cm³/mol. The molecular formula is C21H29F2N5O3. The van der Waals surface area contributed by atoms with Crippen molar-refractivity contribution in [1.82, 2.24) is 20.5 Å². The van der Waals surface area contributed by atoms with Gasteiger partial charge in [-0.05, 0) is 38.7 Å². The van der Waals surface area contributed by atoms with Gasteiger partial charge in [0.05, 0.1) is 12.3 Å². The van der Waals surface area contributed by atoms with Gasteiger partial charge in [0.2, 0.25) is 5.88 Å². The van der Waals surface area contributed by atoms with E-state index in [4.69, 9.17) is 9.47 Å². The summed E-state index contributed by atoms with van der Waals surface area (Å²) in [6.45, 7) is 6.24. The number of carbonyl (C=O) groups excluding carboxylic acids is 1. The highest BCUT2D eigenvalue weighted by Crippen LogP contribution is 2.39. The number of aromatic nitrogens is 3. The van der Waals surface area contributed by atoms with E-state index in [-0.39, 0.29) is 30.4 Å². The van der Waals surface area contributed by atoms with Crippen LogP contribution in [0.4, 0.5) is 25.1 Å². The minimum atomic E-state index is -1.36. The molecule has 2 aromatic rings. The summed E-state index contributed by atoms with van der Waals surface area (Å²) in [7, 11) is 0. The van der Waals surface area contributed by atoms with Gasteiger partial charge in [0, 0.05) is 29.9 Å². The zero-order chi connectivity index (χ0) is 22.4. The van der Waals surface area contributed by atoms with Crippen molar-refractivity contribution in [1.29, 1.82) is 0 Å². The first-order chi connectivity index (χ1) is 15.0. The largest absolute Gasteiger partial charge is 0.478 e. The molecule has 1 amide bonds. The van der Waals surface area contributed by atoms with E-state index in [1.807, 2.05) is 20.8 Å². The molecule has 6 bridgehead atoms. The van der Waals surface area contributed by atoms with E-state index in [2.05, 4.69) is 25.8 Å². The van der Waals surface area contributed by atoms with Crippen molar-refractivity contribution >= 4 is 17.6 Å². The SMILES string of the molecule is CC.CC1CCCOc2cc(ccn2)Nc2n[nH]c(c2F)[C@H]2C[C@@H](F)[C@H](C2)OC(=O)N1. The van der Waals surface area contributed by atoms with Crippen LogP contribution < -0.4 is 15.4 Å². The number of rotatable bonds is 0. The molecular weight excluding hydrogens is 408 g/mol. The predicted octanol–water partition coefficient (Wildman–Crippen LogP) is 4.59. The fourth-order valence-electron chi connectivity index (χ4n) is 3.71. The second-order valence-electron chi connectivity index (χ2n) is 7.47. The van der Waals surface area contributed by atoms with E-state index >= 15 is 0 Å². The van der Waals surface area contributed by atoms with Crippen LogP contribution >= 0.6 is 0 Å². The Balaban J connectivity index is 0.00000132. The van der Waals surface area contributed by atoms with Crippen molar-refractivity contribution in [2.75, 3.05) is 11.9 Å². The molecule has 0 radical (unpaired) electrons. The van der Waals surface area contributed by atoms with Gasteiger partial charge >= 0.3 is 6.09 Å². The molecule has 0 aromatic carbocycles. The average molecular weight is 437 g/mol. The highest BCUT2D eigenvalue weighted by Gasteiger charge is 2.40. The van der Waals surface area contributed by atoms with Crippen LogP contribution in [-0.4, -0.2) is 46.2 Å². The molecule has 8 nitrogen and oxygen atoms in total. The molecule has 0 saturated heterocycles.